The fourth-order valence-electron chi connectivity index (χ4n) is 5.58. The number of rotatable bonds is 7. The molecule has 2 aliphatic rings. The molecule has 4 aromatic rings. The predicted octanol–water partition coefficient (Wildman–Crippen LogP) is 5.73. The predicted molar refractivity (Wildman–Crippen MR) is 178 cm³/mol. The molecule has 0 bridgehead atoms. The largest absolute Gasteiger partial charge is 0.481 e. The van der Waals surface area contributed by atoms with Gasteiger partial charge >= 0.3 is 0 Å². The molecule has 240 valence electrons. The van der Waals surface area contributed by atoms with E-state index in [0.29, 0.717) is 29.3 Å². The number of fused-ring (bicyclic) bond motifs is 3. The Morgan fingerprint density at radius 1 is 1.22 bits per heavy atom. The molecule has 2 aliphatic heterocycles. The standard InChI is InChI=1S/C18H17FN4O2S.C17H21NO2/c1-4-5-22-13-7-12(11(19)6-14(13)25-9-16(22)24)20-17-23-10-18(2,3)8-15(23)21-26-17;1-4-18(5-2)17(19)13(3)20-16-12-8-10-14-9-6-7-11-15(14)16/h1,6-7H,5,8-10H2,2-3H3;6-13H,4-5H2,1-3H3. The van der Waals surface area contributed by atoms with Gasteiger partial charge in [0.25, 0.3) is 11.8 Å². The lowest BCUT2D eigenvalue weighted by molar-refractivity contribution is -0.137. The van der Waals surface area contributed by atoms with Crippen molar-refractivity contribution >= 4 is 45.5 Å². The van der Waals surface area contributed by atoms with Gasteiger partial charge in [-0.15, -0.1) is 6.42 Å². The number of carbonyl (C=O) groups excluding carboxylic acids is 2. The van der Waals surface area contributed by atoms with Crippen molar-refractivity contribution < 1.29 is 23.5 Å². The molecule has 11 heteroatoms. The Balaban J connectivity index is 0.000000188. The number of terminal acetylenes is 1. The van der Waals surface area contributed by atoms with Gasteiger partial charge in [-0.1, -0.05) is 56.2 Å². The van der Waals surface area contributed by atoms with Crippen LogP contribution in [0, 0.1) is 23.6 Å². The number of halogens is 1. The zero-order valence-corrected chi connectivity index (χ0v) is 27.6. The summed E-state index contributed by atoms with van der Waals surface area (Å²) >= 11 is 1.24. The quantitative estimate of drug-likeness (QED) is 0.240. The summed E-state index contributed by atoms with van der Waals surface area (Å²) in [4.78, 5) is 32.6. The van der Waals surface area contributed by atoms with Crippen molar-refractivity contribution in [2.75, 3.05) is 31.1 Å². The Kier molecular flexibility index (Phi) is 9.77. The van der Waals surface area contributed by atoms with E-state index in [1.54, 1.807) is 4.90 Å². The molecule has 0 radical (unpaired) electrons. The molecule has 9 nitrogen and oxygen atoms in total. The van der Waals surface area contributed by atoms with Crippen molar-refractivity contribution in [2.45, 2.75) is 53.7 Å². The summed E-state index contributed by atoms with van der Waals surface area (Å²) in [7, 11) is 0. The number of ether oxygens (including phenoxy) is 2. The van der Waals surface area contributed by atoms with E-state index in [9.17, 15) is 14.0 Å². The smallest absolute Gasteiger partial charge is 0.265 e. The number of benzene rings is 3. The first-order valence-corrected chi connectivity index (χ1v) is 16.1. The van der Waals surface area contributed by atoms with Gasteiger partial charge in [-0.25, -0.2) is 9.38 Å². The van der Waals surface area contributed by atoms with E-state index in [4.69, 9.17) is 15.9 Å². The average molecular weight is 644 g/mol. The number of hydrogen-bond donors (Lipinski definition) is 0. The van der Waals surface area contributed by atoms with Crippen LogP contribution in [0.5, 0.6) is 11.5 Å². The molecule has 0 spiro atoms. The highest BCUT2D eigenvalue weighted by Crippen LogP contribution is 2.37. The van der Waals surface area contributed by atoms with Gasteiger partial charge < -0.3 is 18.9 Å². The second kappa shape index (κ2) is 13.7. The zero-order chi connectivity index (χ0) is 33.0. The van der Waals surface area contributed by atoms with Crippen LogP contribution < -0.4 is 19.2 Å². The normalized spacial score (nSPS) is 15.6. The maximum atomic E-state index is 14.5. The lowest BCUT2D eigenvalue weighted by atomic mass is 9.92. The Morgan fingerprint density at radius 3 is 2.70 bits per heavy atom. The van der Waals surface area contributed by atoms with Crippen LogP contribution in [0.4, 0.5) is 15.8 Å². The minimum atomic E-state index is -0.515. The molecule has 0 N–H and O–H groups in total. The van der Waals surface area contributed by atoms with Crippen molar-refractivity contribution in [3.8, 4) is 23.8 Å². The zero-order valence-electron chi connectivity index (χ0n) is 26.7. The minimum absolute atomic E-state index is 0.0305. The van der Waals surface area contributed by atoms with Crippen LogP contribution in [-0.2, 0) is 22.6 Å². The first kappa shape index (κ1) is 32.7. The van der Waals surface area contributed by atoms with E-state index < -0.39 is 11.9 Å². The third-order valence-electron chi connectivity index (χ3n) is 7.91. The molecule has 46 heavy (non-hydrogen) atoms. The molecule has 0 aliphatic carbocycles. The molecule has 1 aromatic heterocycles. The number of carbonyl (C=O) groups is 2. The van der Waals surface area contributed by atoms with Crippen LogP contribution in [0.25, 0.3) is 10.8 Å². The third kappa shape index (κ3) is 6.92. The summed E-state index contributed by atoms with van der Waals surface area (Å²) in [6.45, 7) is 12.2. The van der Waals surface area contributed by atoms with Crippen molar-refractivity contribution in [3.05, 3.63) is 71.0 Å². The van der Waals surface area contributed by atoms with E-state index in [1.165, 1.54) is 28.6 Å². The van der Waals surface area contributed by atoms with Gasteiger partial charge in [-0.3, -0.25) is 14.5 Å². The van der Waals surface area contributed by atoms with E-state index in [0.717, 1.165) is 35.3 Å². The first-order valence-electron chi connectivity index (χ1n) is 15.3. The van der Waals surface area contributed by atoms with Gasteiger partial charge in [0.15, 0.2) is 18.5 Å². The second-order valence-electron chi connectivity index (χ2n) is 11.9. The second-order valence-corrected chi connectivity index (χ2v) is 12.6. The molecule has 3 aromatic carbocycles. The maximum absolute atomic E-state index is 14.5. The molecule has 3 heterocycles. The highest BCUT2D eigenvalue weighted by Gasteiger charge is 2.31. The molecule has 0 saturated heterocycles. The lowest BCUT2D eigenvalue weighted by Gasteiger charge is -2.28. The Hall–Kier alpha value is -4.69. The van der Waals surface area contributed by atoms with Crippen LogP contribution in [0.1, 0.15) is 40.4 Å². The van der Waals surface area contributed by atoms with Gasteiger partial charge in [0, 0.05) is 49.0 Å². The van der Waals surface area contributed by atoms with Crippen molar-refractivity contribution in [1.82, 2.24) is 13.8 Å². The van der Waals surface area contributed by atoms with E-state index in [1.807, 2.05) is 67.8 Å². The van der Waals surface area contributed by atoms with Crippen molar-refractivity contribution in [2.24, 2.45) is 10.4 Å². The SMILES string of the molecule is C#CCN1C(=O)COc2cc(F)c(N=c3snc4n3CC(C)(C)C4)cc21.CCN(CC)C(=O)C(C)Oc1cccc2ccccc12. The molecule has 1 atom stereocenters. The Morgan fingerprint density at radius 2 is 1.96 bits per heavy atom. The van der Waals surface area contributed by atoms with Gasteiger partial charge in [-0.2, -0.15) is 4.37 Å². The molecule has 0 fully saturated rings. The average Bonchev–Trinajstić information content (AvgIpc) is 3.55. The number of likely N-dealkylation sites (N-methyl/N-ethyl adjacent to an activating group) is 1. The van der Waals surface area contributed by atoms with Crippen LogP contribution in [-0.4, -0.2) is 58.0 Å². The highest BCUT2D eigenvalue weighted by atomic mass is 32.1. The van der Waals surface area contributed by atoms with E-state index >= 15 is 0 Å². The number of aromatic nitrogens is 2. The van der Waals surface area contributed by atoms with Crippen LogP contribution >= 0.6 is 11.5 Å². The first-order chi connectivity index (χ1) is 22.0. The molecule has 6 rings (SSSR count). The summed E-state index contributed by atoms with van der Waals surface area (Å²) in [6.07, 6.45) is 5.74. The maximum Gasteiger partial charge on any atom is 0.265 e. The molecule has 2 amide bonds. The summed E-state index contributed by atoms with van der Waals surface area (Å²) in [5.74, 6) is 3.71. The van der Waals surface area contributed by atoms with E-state index in [2.05, 4.69) is 29.1 Å². The summed E-state index contributed by atoms with van der Waals surface area (Å²) < 4.78 is 32.2. The topological polar surface area (TPSA) is 89.3 Å². The number of nitrogens with zero attached hydrogens (tertiary/aromatic N) is 5. The minimum Gasteiger partial charge on any atom is -0.481 e. The summed E-state index contributed by atoms with van der Waals surface area (Å²) in [6, 6.07) is 16.7. The Labute approximate surface area is 272 Å². The number of amides is 2. The third-order valence-corrected chi connectivity index (χ3v) is 8.69. The molecular formula is C35H38FN5O4S. The lowest BCUT2D eigenvalue weighted by Crippen LogP contribution is -2.40. The van der Waals surface area contributed by atoms with Crippen LogP contribution in [0.3, 0.4) is 0 Å². The van der Waals surface area contributed by atoms with Gasteiger partial charge in [-0.05, 0) is 43.7 Å². The Bertz CT molecular complexity index is 1870. The number of hydrogen-bond acceptors (Lipinski definition) is 7. The van der Waals surface area contributed by atoms with Gasteiger partial charge in [0.2, 0.25) is 4.80 Å². The fraction of sp³-hybridized carbons (Fsp3) is 0.371. The molecule has 0 saturated carbocycles. The monoisotopic (exact) mass is 643 g/mol. The summed E-state index contributed by atoms with van der Waals surface area (Å²) in [5.41, 5.74) is 0.678. The highest BCUT2D eigenvalue weighted by molar-refractivity contribution is 7.02. The molecular weight excluding hydrogens is 605 g/mol. The molecule has 1 unspecified atom stereocenters. The van der Waals surface area contributed by atoms with E-state index in [-0.39, 0.29) is 36.1 Å². The summed E-state index contributed by atoms with van der Waals surface area (Å²) in [5, 5.41) is 2.15. The van der Waals surface area contributed by atoms with Gasteiger partial charge in [0.05, 0.1) is 12.2 Å². The number of anilines is 1. The van der Waals surface area contributed by atoms with Gasteiger partial charge in [0.1, 0.15) is 23.0 Å². The van der Waals surface area contributed by atoms with Crippen LogP contribution in [0.2, 0.25) is 0 Å². The van der Waals surface area contributed by atoms with Crippen LogP contribution in [0.15, 0.2) is 59.6 Å². The van der Waals surface area contributed by atoms with Crippen molar-refractivity contribution in [1.29, 1.82) is 0 Å². The van der Waals surface area contributed by atoms with Crippen molar-refractivity contribution in [3.63, 3.8) is 0 Å². The fourth-order valence-corrected chi connectivity index (χ4v) is 6.34.